The second-order valence-corrected chi connectivity index (χ2v) is 5.72. The zero-order chi connectivity index (χ0) is 17.6. The molecule has 0 radical (unpaired) electrons. The second kappa shape index (κ2) is 7.57. The largest absolute Gasteiger partial charge is 0.347 e. The Bertz CT molecular complexity index is 850. The molecule has 2 aromatic carbocycles. The summed E-state index contributed by atoms with van der Waals surface area (Å²) in [5.41, 5.74) is 2.40. The summed E-state index contributed by atoms with van der Waals surface area (Å²) in [6.07, 6.45) is 0. The van der Waals surface area contributed by atoms with Gasteiger partial charge in [0.25, 0.3) is 5.91 Å². The van der Waals surface area contributed by atoms with E-state index >= 15 is 0 Å². The van der Waals surface area contributed by atoms with Crippen LogP contribution in [0.25, 0.3) is 0 Å². The van der Waals surface area contributed by atoms with Gasteiger partial charge in [-0.3, -0.25) is 4.79 Å². The van der Waals surface area contributed by atoms with Crippen LogP contribution in [0.5, 0.6) is 0 Å². The van der Waals surface area contributed by atoms with Crippen molar-refractivity contribution in [2.24, 2.45) is 0 Å². The second-order valence-electron chi connectivity index (χ2n) is 5.72. The van der Waals surface area contributed by atoms with Gasteiger partial charge in [-0.15, -0.1) is 0 Å². The van der Waals surface area contributed by atoms with Gasteiger partial charge in [0.1, 0.15) is 17.3 Å². The smallest absolute Gasteiger partial charge is 0.270 e. The van der Waals surface area contributed by atoms with Crippen LogP contribution < -0.4 is 10.2 Å². The Morgan fingerprint density at radius 2 is 1.64 bits per heavy atom. The highest BCUT2D eigenvalue weighted by Crippen LogP contribution is 2.21. The number of hydrogen-bond donors (Lipinski definition) is 1. The predicted octanol–water partition coefficient (Wildman–Crippen LogP) is 3.48. The molecule has 126 valence electrons. The number of benzene rings is 2. The number of aromatic nitrogens is 2. The van der Waals surface area contributed by atoms with Crippen molar-refractivity contribution in [3.8, 4) is 0 Å². The van der Waals surface area contributed by atoms with Crippen molar-refractivity contribution < 1.29 is 4.79 Å². The number of nitrogens with zero attached hydrogens (tertiary/aromatic N) is 3. The molecule has 0 aliphatic heterocycles. The lowest BCUT2D eigenvalue weighted by atomic mass is 10.2. The maximum absolute atomic E-state index is 12.5. The molecule has 3 rings (SSSR count). The molecule has 5 heteroatoms. The standard InChI is InChI=1S/C20H20N4O/c1-15-22-18(20(25)21-14-16-9-5-3-6-10-16)13-19(23-15)24(2)17-11-7-4-8-12-17/h3-13H,14H2,1-2H3,(H,21,25). The van der Waals surface area contributed by atoms with E-state index in [-0.39, 0.29) is 5.91 Å². The molecule has 1 aromatic heterocycles. The lowest BCUT2D eigenvalue weighted by Gasteiger charge is -2.19. The molecular weight excluding hydrogens is 312 g/mol. The third kappa shape index (κ3) is 4.20. The molecule has 0 spiro atoms. The quantitative estimate of drug-likeness (QED) is 0.777. The molecule has 0 aliphatic rings. The van der Waals surface area contributed by atoms with Crippen molar-refractivity contribution in [2.45, 2.75) is 13.5 Å². The molecule has 5 nitrogen and oxygen atoms in total. The Balaban J connectivity index is 1.78. The van der Waals surface area contributed by atoms with Gasteiger partial charge in [0.05, 0.1) is 0 Å². The van der Waals surface area contributed by atoms with Gasteiger partial charge in [-0.05, 0) is 24.6 Å². The molecule has 1 N–H and O–H groups in total. The first-order valence-electron chi connectivity index (χ1n) is 8.10. The summed E-state index contributed by atoms with van der Waals surface area (Å²) in [6.45, 7) is 2.25. The molecule has 0 fully saturated rings. The fourth-order valence-electron chi connectivity index (χ4n) is 2.49. The van der Waals surface area contributed by atoms with Gasteiger partial charge in [0, 0.05) is 25.3 Å². The summed E-state index contributed by atoms with van der Waals surface area (Å²) in [5, 5.41) is 2.90. The van der Waals surface area contributed by atoms with E-state index in [9.17, 15) is 4.79 Å². The van der Waals surface area contributed by atoms with Crippen molar-refractivity contribution in [1.82, 2.24) is 15.3 Å². The lowest BCUT2D eigenvalue weighted by Crippen LogP contribution is -2.25. The molecule has 0 unspecified atom stereocenters. The number of amides is 1. The zero-order valence-corrected chi connectivity index (χ0v) is 14.3. The summed E-state index contributed by atoms with van der Waals surface area (Å²) < 4.78 is 0. The first kappa shape index (κ1) is 16.6. The molecule has 0 aliphatic carbocycles. The van der Waals surface area contributed by atoms with Crippen LogP contribution in [0.4, 0.5) is 11.5 Å². The van der Waals surface area contributed by atoms with Gasteiger partial charge in [0.15, 0.2) is 0 Å². The van der Waals surface area contributed by atoms with E-state index in [2.05, 4.69) is 15.3 Å². The molecule has 1 amide bonds. The van der Waals surface area contributed by atoms with E-state index in [0.717, 1.165) is 11.3 Å². The topological polar surface area (TPSA) is 58.1 Å². The van der Waals surface area contributed by atoms with E-state index in [4.69, 9.17) is 0 Å². The summed E-state index contributed by atoms with van der Waals surface area (Å²) in [6, 6.07) is 21.4. The number of para-hydroxylation sites is 1. The van der Waals surface area contributed by atoms with Crippen LogP contribution >= 0.6 is 0 Å². The van der Waals surface area contributed by atoms with Gasteiger partial charge < -0.3 is 10.2 Å². The molecule has 3 aromatic rings. The number of carbonyl (C=O) groups excluding carboxylic acids is 1. The first-order chi connectivity index (χ1) is 12.1. The summed E-state index contributed by atoms with van der Waals surface area (Å²) in [7, 11) is 1.92. The lowest BCUT2D eigenvalue weighted by molar-refractivity contribution is 0.0945. The van der Waals surface area contributed by atoms with Crippen LogP contribution in [0, 0.1) is 6.92 Å². The Morgan fingerprint density at radius 1 is 1.00 bits per heavy atom. The fraction of sp³-hybridized carbons (Fsp3) is 0.150. The summed E-state index contributed by atoms with van der Waals surface area (Å²) >= 11 is 0. The third-order valence-electron chi connectivity index (χ3n) is 3.84. The van der Waals surface area contributed by atoms with Gasteiger partial charge in [-0.1, -0.05) is 48.5 Å². The zero-order valence-electron chi connectivity index (χ0n) is 14.3. The van der Waals surface area contributed by atoms with E-state index in [1.165, 1.54) is 0 Å². The van der Waals surface area contributed by atoms with Crippen molar-refractivity contribution >= 4 is 17.4 Å². The van der Waals surface area contributed by atoms with Gasteiger partial charge in [-0.25, -0.2) is 9.97 Å². The highest BCUT2D eigenvalue weighted by molar-refractivity contribution is 5.93. The van der Waals surface area contributed by atoms with Crippen LogP contribution in [-0.4, -0.2) is 22.9 Å². The molecule has 0 bridgehead atoms. The monoisotopic (exact) mass is 332 g/mol. The fourth-order valence-corrected chi connectivity index (χ4v) is 2.49. The van der Waals surface area contributed by atoms with Crippen molar-refractivity contribution in [2.75, 3.05) is 11.9 Å². The average Bonchev–Trinajstić information content (AvgIpc) is 2.66. The Morgan fingerprint density at radius 3 is 2.32 bits per heavy atom. The maximum Gasteiger partial charge on any atom is 0.270 e. The van der Waals surface area contributed by atoms with Crippen LogP contribution in [0.15, 0.2) is 66.7 Å². The Labute approximate surface area is 147 Å². The van der Waals surface area contributed by atoms with Crippen LogP contribution in [0.2, 0.25) is 0 Å². The number of anilines is 2. The SMILES string of the molecule is Cc1nc(C(=O)NCc2ccccc2)cc(N(C)c2ccccc2)n1. The molecule has 1 heterocycles. The first-order valence-corrected chi connectivity index (χ1v) is 8.10. The average molecular weight is 332 g/mol. The molecule has 0 saturated carbocycles. The summed E-state index contributed by atoms with van der Waals surface area (Å²) in [5.74, 6) is 1.03. The van der Waals surface area contributed by atoms with E-state index in [1.54, 1.807) is 13.0 Å². The highest BCUT2D eigenvalue weighted by Gasteiger charge is 2.13. The van der Waals surface area contributed by atoms with Gasteiger partial charge in [-0.2, -0.15) is 0 Å². The van der Waals surface area contributed by atoms with Crippen LogP contribution in [0.3, 0.4) is 0 Å². The normalized spacial score (nSPS) is 10.3. The minimum Gasteiger partial charge on any atom is -0.347 e. The van der Waals surface area contributed by atoms with Crippen LogP contribution in [0.1, 0.15) is 21.9 Å². The van der Waals surface area contributed by atoms with Crippen LogP contribution in [-0.2, 0) is 6.54 Å². The minimum absolute atomic E-state index is 0.211. The molecule has 25 heavy (non-hydrogen) atoms. The van der Waals surface area contributed by atoms with Crippen molar-refractivity contribution in [3.05, 3.63) is 83.8 Å². The number of aryl methyl sites for hydroxylation is 1. The van der Waals surface area contributed by atoms with Crippen molar-refractivity contribution in [3.63, 3.8) is 0 Å². The molecular formula is C20H20N4O. The maximum atomic E-state index is 12.5. The van der Waals surface area contributed by atoms with E-state index < -0.39 is 0 Å². The predicted molar refractivity (Wildman–Crippen MR) is 98.9 cm³/mol. The number of rotatable bonds is 5. The molecule has 0 atom stereocenters. The van der Waals surface area contributed by atoms with Crippen molar-refractivity contribution in [1.29, 1.82) is 0 Å². The number of hydrogen-bond acceptors (Lipinski definition) is 4. The van der Waals surface area contributed by atoms with E-state index in [1.807, 2.05) is 72.6 Å². The number of carbonyl (C=O) groups is 1. The number of nitrogens with one attached hydrogen (secondary N) is 1. The summed E-state index contributed by atoms with van der Waals surface area (Å²) in [4.78, 5) is 23.1. The third-order valence-corrected chi connectivity index (χ3v) is 3.84. The Kier molecular flexibility index (Phi) is 5.04. The van der Waals surface area contributed by atoms with E-state index in [0.29, 0.717) is 23.9 Å². The minimum atomic E-state index is -0.211. The highest BCUT2D eigenvalue weighted by atomic mass is 16.1. The van der Waals surface area contributed by atoms with Gasteiger partial charge >= 0.3 is 0 Å². The Hall–Kier alpha value is -3.21. The molecule has 0 saturated heterocycles. The van der Waals surface area contributed by atoms with Gasteiger partial charge in [0.2, 0.25) is 0 Å².